The van der Waals surface area contributed by atoms with Crippen LogP contribution in [0.15, 0.2) is 18.2 Å². The third kappa shape index (κ3) is 4.89. The molecule has 1 amide bonds. The summed E-state index contributed by atoms with van der Waals surface area (Å²) < 4.78 is 19.1. The van der Waals surface area contributed by atoms with E-state index in [2.05, 4.69) is 10.2 Å². The van der Waals surface area contributed by atoms with E-state index >= 15 is 0 Å². The number of methoxy groups -OCH3 is 1. The molecule has 0 radical (unpaired) electrons. The molecule has 0 aliphatic carbocycles. The molecular weight excluding hydrogens is 301 g/mol. The number of benzene rings is 1. The Kier molecular flexibility index (Phi) is 6.32. The molecule has 1 aromatic carbocycles. The normalized spacial score (nSPS) is 17.1. The van der Waals surface area contributed by atoms with Crippen molar-refractivity contribution in [1.29, 1.82) is 0 Å². The average Bonchev–Trinajstić information content (AvgIpc) is 2.54. The van der Waals surface area contributed by atoms with Crippen LogP contribution in [0.4, 0.5) is 10.1 Å². The van der Waals surface area contributed by atoms with Crippen molar-refractivity contribution in [2.75, 3.05) is 58.4 Å². The number of halogens is 1. The molecule has 2 N–H and O–H groups in total. The predicted molar refractivity (Wildman–Crippen MR) is 86.3 cm³/mol. The SMILES string of the molecule is COC[C@@H](O)CNC(=O)c1ccc(N2CCN(C)CC2)c(F)c1. The summed E-state index contributed by atoms with van der Waals surface area (Å²) in [7, 11) is 3.51. The molecule has 6 nitrogen and oxygen atoms in total. The Bertz CT molecular complexity index is 533. The second-order valence-electron chi connectivity index (χ2n) is 5.78. The van der Waals surface area contributed by atoms with Crippen LogP contribution >= 0.6 is 0 Å². The Balaban J connectivity index is 1.97. The first-order valence-corrected chi connectivity index (χ1v) is 7.69. The van der Waals surface area contributed by atoms with Crippen molar-refractivity contribution < 1.29 is 19.0 Å². The van der Waals surface area contributed by atoms with Gasteiger partial charge in [0.25, 0.3) is 5.91 Å². The van der Waals surface area contributed by atoms with Crippen molar-refractivity contribution in [3.05, 3.63) is 29.6 Å². The Hall–Kier alpha value is -1.70. The lowest BCUT2D eigenvalue weighted by Crippen LogP contribution is -2.44. The Morgan fingerprint density at radius 2 is 2.09 bits per heavy atom. The maximum Gasteiger partial charge on any atom is 0.251 e. The number of piperazine rings is 1. The summed E-state index contributed by atoms with van der Waals surface area (Å²) in [6.07, 6.45) is -0.779. The van der Waals surface area contributed by atoms with Gasteiger partial charge >= 0.3 is 0 Å². The molecule has 1 aliphatic rings. The highest BCUT2D eigenvalue weighted by Crippen LogP contribution is 2.21. The van der Waals surface area contributed by atoms with Gasteiger partial charge < -0.3 is 25.0 Å². The van der Waals surface area contributed by atoms with E-state index in [4.69, 9.17) is 4.74 Å². The van der Waals surface area contributed by atoms with Crippen molar-refractivity contribution in [2.24, 2.45) is 0 Å². The number of carbonyl (C=O) groups excluding carboxylic acids is 1. The van der Waals surface area contributed by atoms with Crippen molar-refractivity contribution in [3.63, 3.8) is 0 Å². The number of amides is 1. The number of aliphatic hydroxyl groups excluding tert-OH is 1. The van der Waals surface area contributed by atoms with Crippen LogP contribution in [-0.4, -0.2) is 75.5 Å². The number of hydrogen-bond acceptors (Lipinski definition) is 5. The summed E-state index contributed by atoms with van der Waals surface area (Å²) in [5.74, 6) is -0.816. The fourth-order valence-electron chi connectivity index (χ4n) is 2.52. The van der Waals surface area contributed by atoms with Crippen LogP contribution in [0.2, 0.25) is 0 Å². The van der Waals surface area contributed by atoms with Crippen molar-refractivity contribution in [1.82, 2.24) is 10.2 Å². The first-order chi connectivity index (χ1) is 11.0. The first kappa shape index (κ1) is 17.7. The maximum absolute atomic E-state index is 14.3. The van der Waals surface area contributed by atoms with E-state index in [-0.39, 0.29) is 18.7 Å². The van der Waals surface area contributed by atoms with Gasteiger partial charge in [0.2, 0.25) is 0 Å². The number of hydrogen-bond donors (Lipinski definition) is 2. The fraction of sp³-hybridized carbons (Fsp3) is 0.562. The van der Waals surface area contributed by atoms with E-state index in [1.165, 1.54) is 13.2 Å². The number of carbonyl (C=O) groups is 1. The molecular formula is C16H24FN3O3. The molecule has 0 spiro atoms. The van der Waals surface area contributed by atoms with E-state index in [9.17, 15) is 14.3 Å². The molecule has 0 unspecified atom stereocenters. The van der Waals surface area contributed by atoms with Crippen LogP contribution in [0, 0.1) is 5.82 Å². The lowest BCUT2D eigenvalue weighted by Gasteiger charge is -2.34. The molecule has 1 atom stereocenters. The van der Waals surface area contributed by atoms with Gasteiger partial charge in [-0.2, -0.15) is 0 Å². The summed E-state index contributed by atoms with van der Waals surface area (Å²) >= 11 is 0. The Morgan fingerprint density at radius 1 is 1.39 bits per heavy atom. The van der Waals surface area contributed by atoms with Crippen LogP contribution in [0.5, 0.6) is 0 Å². The van der Waals surface area contributed by atoms with E-state index in [1.807, 2.05) is 11.9 Å². The molecule has 1 aliphatic heterocycles. The number of rotatable bonds is 6. The Labute approximate surface area is 135 Å². The van der Waals surface area contributed by atoms with Crippen LogP contribution < -0.4 is 10.2 Å². The van der Waals surface area contributed by atoms with Crippen molar-refractivity contribution in [3.8, 4) is 0 Å². The van der Waals surface area contributed by atoms with Gasteiger partial charge in [-0.3, -0.25) is 4.79 Å². The summed E-state index contributed by atoms with van der Waals surface area (Å²) in [5, 5.41) is 12.1. The zero-order valence-corrected chi connectivity index (χ0v) is 13.6. The number of nitrogens with zero attached hydrogens (tertiary/aromatic N) is 2. The standard InChI is InChI=1S/C16H24FN3O3/c1-19-5-7-20(8-6-19)15-4-3-12(9-14(15)17)16(22)18-10-13(21)11-23-2/h3-4,9,13,21H,5-8,10-11H2,1-2H3,(H,18,22)/t13-/m0/s1. The van der Waals surface area contributed by atoms with Gasteiger partial charge in [0.1, 0.15) is 5.82 Å². The van der Waals surface area contributed by atoms with Crippen LogP contribution in [-0.2, 0) is 4.74 Å². The van der Waals surface area contributed by atoms with Gasteiger partial charge in [-0.15, -0.1) is 0 Å². The van der Waals surface area contributed by atoms with Gasteiger partial charge in [-0.1, -0.05) is 0 Å². The van der Waals surface area contributed by atoms with Gasteiger partial charge in [0, 0.05) is 45.4 Å². The summed E-state index contributed by atoms with van der Waals surface area (Å²) in [5.41, 5.74) is 0.763. The van der Waals surface area contributed by atoms with Crippen molar-refractivity contribution in [2.45, 2.75) is 6.10 Å². The lowest BCUT2D eigenvalue weighted by molar-refractivity contribution is 0.0609. The maximum atomic E-state index is 14.3. The average molecular weight is 325 g/mol. The largest absolute Gasteiger partial charge is 0.389 e. The minimum Gasteiger partial charge on any atom is -0.389 e. The first-order valence-electron chi connectivity index (χ1n) is 7.69. The molecule has 1 aromatic rings. The zero-order chi connectivity index (χ0) is 16.8. The number of likely N-dealkylation sites (N-methyl/N-ethyl adjacent to an activating group) is 1. The van der Waals surface area contributed by atoms with Crippen LogP contribution in [0.3, 0.4) is 0 Å². The van der Waals surface area contributed by atoms with Gasteiger partial charge in [-0.05, 0) is 25.2 Å². The molecule has 0 saturated carbocycles. The zero-order valence-electron chi connectivity index (χ0n) is 13.6. The molecule has 23 heavy (non-hydrogen) atoms. The molecule has 1 heterocycles. The molecule has 7 heteroatoms. The van der Waals surface area contributed by atoms with E-state index in [1.54, 1.807) is 12.1 Å². The molecule has 2 rings (SSSR count). The molecule has 128 valence electrons. The second-order valence-corrected chi connectivity index (χ2v) is 5.78. The fourth-order valence-corrected chi connectivity index (χ4v) is 2.52. The van der Waals surface area contributed by atoms with E-state index in [0.29, 0.717) is 5.69 Å². The predicted octanol–water partition coefficient (Wildman–Crippen LogP) is 0.315. The van der Waals surface area contributed by atoms with Crippen LogP contribution in [0.25, 0.3) is 0 Å². The molecule has 0 bridgehead atoms. The summed E-state index contributed by atoms with van der Waals surface area (Å²) in [6, 6.07) is 4.49. The van der Waals surface area contributed by atoms with Gasteiger partial charge in [0.15, 0.2) is 0 Å². The third-order valence-corrected chi connectivity index (χ3v) is 3.91. The van der Waals surface area contributed by atoms with E-state index in [0.717, 1.165) is 26.2 Å². The van der Waals surface area contributed by atoms with Gasteiger partial charge in [0.05, 0.1) is 18.4 Å². The van der Waals surface area contributed by atoms with Crippen molar-refractivity contribution >= 4 is 11.6 Å². The highest BCUT2D eigenvalue weighted by Gasteiger charge is 2.18. The Morgan fingerprint density at radius 3 is 2.70 bits per heavy atom. The molecule has 0 aromatic heterocycles. The highest BCUT2D eigenvalue weighted by atomic mass is 19.1. The lowest BCUT2D eigenvalue weighted by atomic mass is 10.1. The van der Waals surface area contributed by atoms with E-state index < -0.39 is 17.8 Å². The number of nitrogens with one attached hydrogen (secondary N) is 1. The quantitative estimate of drug-likeness (QED) is 0.788. The second kappa shape index (κ2) is 8.24. The topological polar surface area (TPSA) is 65.0 Å². The van der Waals surface area contributed by atoms with Crippen LogP contribution in [0.1, 0.15) is 10.4 Å². The minimum absolute atomic E-state index is 0.0640. The number of anilines is 1. The van der Waals surface area contributed by atoms with Gasteiger partial charge in [-0.25, -0.2) is 4.39 Å². The molecule has 1 fully saturated rings. The third-order valence-electron chi connectivity index (χ3n) is 3.91. The minimum atomic E-state index is -0.779. The monoisotopic (exact) mass is 325 g/mol. The highest BCUT2D eigenvalue weighted by molar-refractivity contribution is 5.94. The number of ether oxygens (including phenoxy) is 1. The summed E-state index contributed by atoms with van der Waals surface area (Å²) in [4.78, 5) is 16.2. The number of aliphatic hydroxyl groups is 1. The smallest absolute Gasteiger partial charge is 0.251 e. The summed E-state index contributed by atoms with van der Waals surface area (Å²) in [6.45, 7) is 3.51. The molecule has 1 saturated heterocycles.